The van der Waals surface area contributed by atoms with E-state index in [0.29, 0.717) is 13.1 Å². The van der Waals surface area contributed by atoms with Crippen LogP contribution in [0.15, 0.2) is 72.2 Å². The molecule has 2 unspecified atom stereocenters. The van der Waals surface area contributed by atoms with Crippen molar-refractivity contribution < 1.29 is 14.3 Å². The molecule has 0 bridgehead atoms. The average Bonchev–Trinajstić information content (AvgIpc) is 3.32. The minimum absolute atomic E-state index is 0.128. The molecule has 0 saturated carbocycles. The Morgan fingerprint density at radius 3 is 2.39 bits per heavy atom. The Bertz CT molecular complexity index is 949. The summed E-state index contributed by atoms with van der Waals surface area (Å²) < 4.78 is 4.87. The molecule has 7 heteroatoms. The molecule has 1 amide bonds. The summed E-state index contributed by atoms with van der Waals surface area (Å²) in [5, 5.41) is 5.85. The zero-order valence-electron chi connectivity index (χ0n) is 17.7. The fourth-order valence-electron chi connectivity index (χ4n) is 3.41. The number of carbonyl (C=O) groups is 2. The third-order valence-corrected chi connectivity index (χ3v) is 5.73. The second-order valence-electron chi connectivity index (χ2n) is 7.36. The number of rotatable bonds is 10. The van der Waals surface area contributed by atoms with Gasteiger partial charge in [0.2, 0.25) is 5.91 Å². The normalized spacial score (nSPS) is 12.9. The number of hydrogen-bond donors (Lipinski definition) is 1. The van der Waals surface area contributed by atoms with Gasteiger partial charge in [-0.15, -0.1) is 11.3 Å². The van der Waals surface area contributed by atoms with Crippen molar-refractivity contribution in [2.24, 2.45) is 5.92 Å². The van der Waals surface area contributed by atoms with Crippen LogP contribution in [0.2, 0.25) is 0 Å². The molecular formula is C24H27N3O3S. The first-order chi connectivity index (χ1) is 15.1. The zero-order chi connectivity index (χ0) is 22.1. The SMILES string of the molecule is COC(=O)C(C)CN(CC(=O)NC(c1ccccc1)c1nccs1)Cc1ccccc1. The van der Waals surface area contributed by atoms with Gasteiger partial charge in [0.05, 0.1) is 19.6 Å². The first kappa shape index (κ1) is 22.7. The van der Waals surface area contributed by atoms with Crippen molar-refractivity contribution in [3.05, 3.63) is 88.4 Å². The molecule has 0 aliphatic heterocycles. The second kappa shape index (κ2) is 11.4. The highest BCUT2D eigenvalue weighted by Crippen LogP contribution is 2.23. The first-order valence-corrected chi connectivity index (χ1v) is 11.0. The maximum atomic E-state index is 13.1. The Morgan fingerprint density at radius 1 is 1.10 bits per heavy atom. The van der Waals surface area contributed by atoms with Crippen molar-refractivity contribution in [1.29, 1.82) is 0 Å². The Hall–Kier alpha value is -3.03. The van der Waals surface area contributed by atoms with Gasteiger partial charge < -0.3 is 10.1 Å². The molecule has 0 aliphatic rings. The molecule has 3 aromatic rings. The summed E-state index contributed by atoms with van der Waals surface area (Å²) in [4.78, 5) is 31.4. The molecule has 1 aromatic heterocycles. The molecule has 6 nitrogen and oxygen atoms in total. The smallest absolute Gasteiger partial charge is 0.309 e. The summed E-state index contributed by atoms with van der Waals surface area (Å²) >= 11 is 1.51. The van der Waals surface area contributed by atoms with Crippen molar-refractivity contribution in [2.75, 3.05) is 20.2 Å². The van der Waals surface area contributed by atoms with Crippen LogP contribution in [-0.2, 0) is 20.9 Å². The Kier molecular flexibility index (Phi) is 8.32. The third kappa shape index (κ3) is 6.73. The number of carbonyl (C=O) groups excluding carboxylic acids is 2. The van der Waals surface area contributed by atoms with Crippen LogP contribution < -0.4 is 5.32 Å². The van der Waals surface area contributed by atoms with E-state index in [2.05, 4.69) is 10.3 Å². The van der Waals surface area contributed by atoms with Gasteiger partial charge in [-0.25, -0.2) is 4.98 Å². The maximum Gasteiger partial charge on any atom is 0.309 e. The van der Waals surface area contributed by atoms with E-state index in [1.54, 1.807) is 6.20 Å². The summed E-state index contributed by atoms with van der Waals surface area (Å²) in [5.41, 5.74) is 2.05. The van der Waals surface area contributed by atoms with Gasteiger partial charge in [-0.2, -0.15) is 0 Å². The molecule has 31 heavy (non-hydrogen) atoms. The highest BCUT2D eigenvalue weighted by Gasteiger charge is 2.23. The van der Waals surface area contributed by atoms with Crippen LogP contribution in [-0.4, -0.2) is 42.0 Å². The molecule has 1 heterocycles. The topological polar surface area (TPSA) is 71.5 Å². The van der Waals surface area contributed by atoms with Gasteiger partial charge in [0.25, 0.3) is 0 Å². The number of esters is 1. The molecule has 1 N–H and O–H groups in total. The molecule has 0 fully saturated rings. The third-order valence-electron chi connectivity index (χ3n) is 4.89. The lowest BCUT2D eigenvalue weighted by molar-refractivity contribution is -0.145. The second-order valence-corrected chi connectivity index (χ2v) is 8.29. The number of nitrogens with one attached hydrogen (secondary N) is 1. The standard InChI is InChI=1S/C24H27N3O3S/c1-18(24(29)30-2)15-27(16-19-9-5-3-6-10-19)17-21(28)26-22(23-25-13-14-31-23)20-11-7-4-8-12-20/h3-14,18,22H,15-17H2,1-2H3,(H,26,28). The first-order valence-electron chi connectivity index (χ1n) is 10.1. The Labute approximate surface area is 186 Å². The maximum absolute atomic E-state index is 13.1. The summed E-state index contributed by atoms with van der Waals surface area (Å²) in [6, 6.07) is 19.4. The van der Waals surface area contributed by atoms with E-state index in [4.69, 9.17) is 4.74 Å². The van der Waals surface area contributed by atoms with Crippen LogP contribution in [0.3, 0.4) is 0 Å². The van der Waals surface area contributed by atoms with Crippen LogP contribution in [0.25, 0.3) is 0 Å². The zero-order valence-corrected chi connectivity index (χ0v) is 18.5. The van der Waals surface area contributed by atoms with E-state index in [9.17, 15) is 9.59 Å². The van der Waals surface area contributed by atoms with Crippen molar-refractivity contribution in [2.45, 2.75) is 19.5 Å². The minimum Gasteiger partial charge on any atom is -0.469 e. The van der Waals surface area contributed by atoms with Gasteiger partial charge in [0.1, 0.15) is 11.0 Å². The van der Waals surface area contributed by atoms with Crippen LogP contribution in [0.5, 0.6) is 0 Å². The van der Waals surface area contributed by atoms with E-state index in [1.807, 2.05) is 77.9 Å². The number of methoxy groups -OCH3 is 1. The summed E-state index contributed by atoms with van der Waals surface area (Å²) in [5.74, 6) is -0.758. The van der Waals surface area contributed by atoms with Crippen LogP contribution >= 0.6 is 11.3 Å². The molecule has 2 aromatic carbocycles. The fraction of sp³-hybridized carbons (Fsp3) is 0.292. The lowest BCUT2D eigenvalue weighted by Gasteiger charge is -2.25. The van der Waals surface area contributed by atoms with E-state index < -0.39 is 0 Å². The van der Waals surface area contributed by atoms with Gasteiger partial charge in [-0.1, -0.05) is 67.6 Å². The molecular weight excluding hydrogens is 410 g/mol. The number of aromatic nitrogens is 1. The van der Waals surface area contributed by atoms with Crippen molar-refractivity contribution in [1.82, 2.24) is 15.2 Å². The fourth-order valence-corrected chi connectivity index (χ4v) is 4.12. The number of ether oxygens (including phenoxy) is 1. The lowest BCUT2D eigenvalue weighted by Crippen LogP contribution is -2.41. The van der Waals surface area contributed by atoms with E-state index in [0.717, 1.165) is 16.1 Å². The highest BCUT2D eigenvalue weighted by atomic mass is 32.1. The van der Waals surface area contributed by atoms with Gasteiger partial charge >= 0.3 is 5.97 Å². The molecule has 3 rings (SSSR count). The van der Waals surface area contributed by atoms with Gasteiger partial charge in [-0.3, -0.25) is 14.5 Å². The molecule has 0 saturated heterocycles. The monoisotopic (exact) mass is 437 g/mol. The Morgan fingerprint density at radius 2 is 1.77 bits per heavy atom. The van der Waals surface area contributed by atoms with Crippen LogP contribution in [0.4, 0.5) is 0 Å². The number of nitrogens with zero attached hydrogens (tertiary/aromatic N) is 2. The van der Waals surface area contributed by atoms with E-state index in [1.165, 1.54) is 18.4 Å². The molecule has 2 atom stereocenters. The van der Waals surface area contributed by atoms with Crippen LogP contribution in [0, 0.1) is 5.92 Å². The predicted molar refractivity (Wildman–Crippen MR) is 121 cm³/mol. The largest absolute Gasteiger partial charge is 0.469 e. The molecule has 0 spiro atoms. The van der Waals surface area contributed by atoms with Crippen LogP contribution in [0.1, 0.15) is 29.1 Å². The van der Waals surface area contributed by atoms with Crippen molar-refractivity contribution >= 4 is 23.2 Å². The molecule has 0 aliphatic carbocycles. The average molecular weight is 438 g/mol. The van der Waals surface area contributed by atoms with Crippen molar-refractivity contribution in [3.8, 4) is 0 Å². The summed E-state index contributed by atoms with van der Waals surface area (Å²) in [6.07, 6.45) is 1.74. The number of amides is 1. The van der Waals surface area contributed by atoms with Gasteiger partial charge in [0.15, 0.2) is 0 Å². The van der Waals surface area contributed by atoms with Gasteiger partial charge in [0, 0.05) is 24.7 Å². The summed E-state index contributed by atoms with van der Waals surface area (Å²) in [7, 11) is 1.38. The predicted octanol–water partition coefficient (Wildman–Crippen LogP) is 3.66. The lowest BCUT2D eigenvalue weighted by atomic mass is 10.1. The Balaban J connectivity index is 1.73. The number of thiazole rings is 1. The summed E-state index contributed by atoms with van der Waals surface area (Å²) in [6.45, 7) is 2.94. The van der Waals surface area contributed by atoms with E-state index >= 15 is 0 Å². The highest BCUT2D eigenvalue weighted by molar-refractivity contribution is 7.09. The molecule has 0 radical (unpaired) electrons. The number of benzene rings is 2. The van der Waals surface area contributed by atoms with E-state index in [-0.39, 0.29) is 30.4 Å². The quantitative estimate of drug-likeness (QED) is 0.490. The van der Waals surface area contributed by atoms with Gasteiger partial charge in [-0.05, 0) is 11.1 Å². The van der Waals surface area contributed by atoms with Crippen molar-refractivity contribution in [3.63, 3.8) is 0 Å². The number of hydrogen-bond acceptors (Lipinski definition) is 6. The molecule has 162 valence electrons. The minimum atomic E-state index is -0.342.